The lowest BCUT2D eigenvalue weighted by molar-refractivity contribution is -0.133. The molecule has 0 spiro atoms. The third kappa shape index (κ3) is 3.01. The van der Waals surface area contributed by atoms with Gasteiger partial charge in [0.05, 0.1) is 12.6 Å². The van der Waals surface area contributed by atoms with E-state index in [4.69, 9.17) is 0 Å². The monoisotopic (exact) mass is 254 g/mol. The molecule has 1 aliphatic rings. The van der Waals surface area contributed by atoms with Crippen LogP contribution in [0.1, 0.15) is 25.6 Å². The molecule has 1 aliphatic heterocycles. The second-order valence-corrected chi connectivity index (χ2v) is 5.19. The summed E-state index contributed by atoms with van der Waals surface area (Å²) in [6.07, 6.45) is 2.00. The van der Waals surface area contributed by atoms with Gasteiger partial charge in [-0.15, -0.1) is 0 Å². The van der Waals surface area contributed by atoms with Crippen LogP contribution < -0.4 is 5.32 Å². The minimum absolute atomic E-state index is 0.0569. The van der Waals surface area contributed by atoms with E-state index in [-0.39, 0.29) is 11.9 Å². The van der Waals surface area contributed by atoms with Gasteiger partial charge >= 0.3 is 0 Å². The van der Waals surface area contributed by atoms with Gasteiger partial charge in [-0.1, -0.05) is 6.92 Å². The average Bonchev–Trinajstić information content (AvgIpc) is 2.77. The average molecular weight is 254 g/mol. The molecule has 2 heterocycles. The van der Waals surface area contributed by atoms with Crippen LogP contribution in [0.4, 0.5) is 0 Å². The van der Waals surface area contributed by atoms with E-state index in [1.165, 1.54) is 11.5 Å². The number of likely N-dealkylation sites (tertiary alicyclic amines) is 1. The highest BCUT2D eigenvalue weighted by Crippen LogP contribution is 2.18. The summed E-state index contributed by atoms with van der Waals surface area (Å²) >= 11 is 1.33. The molecule has 1 aromatic rings. The maximum atomic E-state index is 12.3. The summed E-state index contributed by atoms with van der Waals surface area (Å²) in [7, 11) is 1.85. The molecule has 0 aliphatic carbocycles. The van der Waals surface area contributed by atoms with E-state index in [2.05, 4.69) is 21.6 Å². The summed E-state index contributed by atoms with van der Waals surface area (Å²) in [4.78, 5) is 18.3. The van der Waals surface area contributed by atoms with Gasteiger partial charge in [0.1, 0.15) is 5.51 Å². The Bertz CT molecular complexity index is 368. The van der Waals surface area contributed by atoms with E-state index in [1.54, 1.807) is 5.51 Å². The van der Waals surface area contributed by atoms with Crippen molar-refractivity contribution in [2.75, 3.05) is 13.6 Å². The number of hydrogen-bond donors (Lipinski definition) is 1. The molecule has 2 rings (SSSR count). The van der Waals surface area contributed by atoms with E-state index < -0.39 is 0 Å². The Balaban J connectivity index is 2.09. The fraction of sp³-hybridized carbons (Fsp3) is 0.727. The maximum absolute atomic E-state index is 12.3. The summed E-state index contributed by atoms with van der Waals surface area (Å²) in [5.74, 6) is 1.45. The third-order valence-corrected chi connectivity index (χ3v) is 3.69. The second kappa shape index (κ2) is 5.55. The summed E-state index contributed by atoms with van der Waals surface area (Å²) in [5, 5.41) is 3.09. The van der Waals surface area contributed by atoms with E-state index in [0.717, 1.165) is 25.2 Å². The van der Waals surface area contributed by atoms with Crippen molar-refractivity contribution in [3.05, 3.63) is 11.3 Å². The summed E-state index contributed by atoms with van der Waals surface area (Å²) < 4.78 is 4.17. The Kier molecular flexibility index (Phi) is 4.06. The van der Waals surface area contributed by atoms with Crippen molar-refractivity contribution in [1.82, 2.24) is 19.6 Å². The molecule has 17 heavy (non-hydrogen) atoms. The largest absolute Gasteiger partial charge is 0.333 e. The molecule has 1 fully saturated rings. The summed E-state index contributed by atoms with van der Waals surface area (Å²) in [6.45, 7) is 3.52. The molecule has 94 valence electrons. The van der Waals surface area contributed by atoms with E-state index in [0.29, 0.717) is 12.5 Å². The fourth-order valence-corrected chi connectivity index (χ4v) is 2.64. The van der Waals surface area contributed by atoms with Crippen LogP contribution in [0.3, 0.4) is 0 Å². The molecule has 2 atom stereocenters. The van der Waals surface area contributed by atoms with Crippen LogP contribution in [0.2, 0.25) is 0 Å². The first-order chi connectivity index (χ1) is 8.20. The van der Waals surface area contributed by atoms with Gasteiger partial charge in [-0.05, 0) is 37.3 Å². The highest BCUT2D eigenvalue weighted by atomic mass is 32.1. The zero-order valence-electron chi connectivity index (χ0n) is 10.2. The van der Waals surface area contributed by atoms with Crippen LogP contribution in [0.25, 0.3) is 0 Å². The van der Waals surface area contributed by atoms with Crippen molar-refractivity contribution in [3.8, 4) is 0 Å². The van der Waals surface area contributed by atoms with E-state index >= 15 is 0 Å². The Hall–Kier alpha value is -1.01. The van der Waals surface area contributed by atoms with Crippen LogP contribution in [0, 0.1) is 5.92 Å². The van der Waals surface area contributed by atoms with Gasteiger partial charge in [-0.25, -0.2) is 4.98 Å². The van der Waals surface area contributed by atoms with Crippen LogP contribution in [-0.4, -0.2) is 39.8 Å². The van der Waals surface area contributed by atoms with Crippen LogP contribution in [0.5, 0.6) is 0 Å². The number of carbonyl (C=O) groups excluding carboxylic acids is 1. The van der Waals surface area contributed by atoms with Gasteiger partial charge < -0.3 is 10.2 Å². The van der Waals surface area contributed by atoms with Crippen molar-refractivity contribution in [2.45, 2.75) is 32.4 Å². The Morgan fingerprint density at radius 3 is 3.06 bits per heavy atom. The molecule has 5 nitrogen and oxygen atoms in total. The van der Waals surface area contributed by atoms with Gasteiger partial charge in [0, 0.05) is 6.54 Å². The lowest BCUT2D eigenvalue weighted by atomic mass is 10.0. The van der Waals surface area contributed by atoms with Gasteiger partial charge in [-0.2, -0.15) is 4.37 Å². The summed E-state index contributed by atoms with van der Waals surface area (Å²) in [6, 6.07) is -0.0569. The minimum atomic E-state index is -0.0569. The van der Waals surface area contributed by atoms with Crippen LogP contribution >= 0.6 is 11.5 Å². The van der Waals surface area contributed by atoms with E-state index in [9.17, 15) is 4.79 Å². The molecule has 2 unspecified atom stereocenters. The highest BCUT2D eigenvalue weighted by molar-refractivity contribution is 7.03. The zero-order valence-corrected chi connectivity index (χ0v) is 11.0. The van der Waals surface area contributed by atoms with Crippen LogP contribution in [0.15, 0.2) is 5.51 Å². The third-order valence-electron chi connectivity index (χ3n) is 3.18. The smallest absolute Gasteiger partial charge is 0.240 e. The SMILES string of the molecule is CNC1CCC(C)CN(Cc2ncsn2)C1=O. The predicted molar refractivity (Wildman–Crippen MR) is 66.6 cm³/mol. The maximum Gasteiger partial charge on any atom is 0.240 e. The number of nitrogens with one attached hydrogen (secondary N) is 1. The fourth-order valence-electron chi connectivity index (χ4n) is 2.20. The standard InChI is InChI=1S/C11H18N4OS/c1-8-3-4-9(12-2)11(16)15(5-8)6-10-13-7-17-14-10/h7-9,12H,3-6H2,1-2H3. The first-order valence-corrected chi connectivity index (χ1v) is 6.75. The molecular weight excluding hydrogens is 236 g/mol. The molecule has 0 saturated carbocycles. The molecular formula is C11H18N4OS. The summed E-state index contributed by atoms with van der Waals surface area (Å²) in [5.41, 5.74) is 1.70. The predicted octanol–water partition coefficient (Wildman–Crippen LogP) is 0.885. The molecule has 1 aromatic heterocycles. The molecule has 0 radical (unpaired) electrons. The number of aromatic nitrogens is 2. The molecule has 1 N–H and O–H groups in total. The van der Waals surface area contributed by atoms with Gasteiger partial charge in [-0.3, -0.25) is 4.79 Å². The van der Waals surface area contributed by atoms with Crippen LogP contribution in [-0.2, 0) is 11.3 Å². The number of carbonyl (C=O) groups is 1. The van der Waals surface area contributed by atoms with Crippen molar-refractivity contribution < 1.29 is 4.79 Å². The van der Waals surface area contributed by atoms with Crippen molar-refractivity contribution in [2.24, 2.45) is 5.92 Å². The number of nitrogens with zero attached hydrogens (tertiary/aromatic N) is 3. The first-order valence-electron chi connectivity index (χ1n) is 5.92. The zero-order chi connectivity index (χ0) is 12.3. The molecule has 6 heteroatoms. The Labute approximate surface area is 105 Å². The first kappa shape index (κ1) is 12.4. The molecule has 1 amide bonds. The molecule has 0 bridgehead atoms. The van der Waals surface area contributed by atoms with E-state index in [1.807, 2.05) is 11.9 Å². The number of rotatable bonds is 3. The lowest BCUT2D eigenvalue weighted by Crippen LogP contribution is -2.44. The quantitative estimate of drug-likeness (QED) is 0.870. The topological polar surface area (TPSA) is 58.1 Å². The highest BCUT2D eigenvalue weighted by Gasteiger charge is 2.28. The second-order valence-electron chi connectivity index (χ2n) is 4.59. The van der Waals surface area contributed by atoms with Gasteiger partial charge in [0.15, 0.2) is 5.82 Å². The minimum Gasteiger partial charge on any atom is -0.333 e. The lowest BCUT2D eigenvalue weighted by Gasteiger charge is -2.24. The van der Waals surface area contributed by atoms with Gasteiger partial charge in [0.2, 0.25) is 5.91 Å². The van der Waals surface area contributed by atoms with Crippen molar-refractivity contribution in [3.63, 3.8) is 0 Å². The molecule has 1 saturated heterocycles. The number of hydrogen-bond acceptors (Lipinski definition) is 5. The Morgan fingerprint density at radius 1 is 1.59 bits per heavy atom. The van der Waals surface area contributed by atoms with Crippen molar-refractivity contribution >= 4 is 17.4 Å². The number of likely N-dealkylation sites (N-methyl/N-ethyl adjacent to an activating group) is 1. The Morgan fingerprint density at radius 2 is 2.41 bits per heavy atom. The van der Waals surface area contributed by atoms with Crippen molar-refractivity contribution in [1.29, 1.82) is 0 Å². The molecule has 0 aromatic carbocycles. The normalized spacial score (nSPS) is 26.0. The van der Waals surface area contributed by atoms with Gasteiger partial charge in [0.25, 0.3) is 0 Å². The number of amides is 1.